The first kappa shape index (κ1) is 10.0. The van der Waals surface area contributed by atoms with Crippen LogP contribution in [0.5, 0.6) is 0 Å². The highest BCUT2D eigenvalue weighted by Crippen LogP contribution is 2.21. The first-order valence-corrected chi connectivity index (χ1v) is 2.87. The molecule has 0 bridgehead atoms. The number of hydrogen-bond donors (Lipinski definition) is 1. The summed E-state index contributed by atoms with van der Waals surface area (Å²) in [5, 5.41) is 0. The molecule has 2 N–H and O–H groups in total. The Hall–Kier alpha value is -1.00. The van der Waals surface area contributed by atoms with E-state index in [1.807, 2.05) is 0 Å². The molecule has 0 unspecified atom stereocenters. The van der Waals surface area contributed by atoms with Gasteiger partial charge in [0, 0.05) is 6.42 Å². The van der Waals surface area contributed by atoms with Gasteiger partial charge in [0.2, 0.25) is 0 Å². The van der Waals surface area contributed by atoms with E-state index >= 15 is 0 Å². The molecule has 0 aromatic carbocycles. The standard InChI is InChI=1S/C6H8F3NO/c1-4(10)5(11)2-3-6(7,8)9/h1-3,10H2. The summed E-state index contributed by atoms with van der Waals surface area (Å²) in [6.45, 7) is 3.02. The van der Waals surface area contributed by atoms with E-state index in [0.717, 1.165) is 0 Å². The molecule has 0 amide bonds. The molecule has 0 atom stereocenters. The van der Waals surface area contributed by atoms with Crippen LogP contribution < -0.4 is 5.73 Å². The molecule has 11 heavy (non-hydrogen) atoms. The maximum Gasteiger partial charge on any atom is 0.389 e. The van der Waals surface area contributed by atoms with Crippen LogP contribution in [0, 0.1) is 0 Å². The van der Waals surface area contributed by atoms with Gasteiger partial charge in [-0.1, -0.05) is 6.58 Å². The Labute approximate surface area is 61.9 Å². The van der Waals surface area contributed by atoms with Crippen LogP contribution in [-0.2, 0) is 4.79 Å². The lowest BCUT2D eigenvalue weighted by Gasteiger charge is -2.03. The minimum atomic E-state index is -4.30. The van der Waals surface area contributed by atoms with Crippen LogP contribution in [0.1, 0.15) is 12.8 Å². The average Bonchev–Trinajstić information content (AvgIpc) is 1.80. The molecule has 0 aliphatic rings. The van der Waals surface area contributed by atoms with Gasteiger partial charge in [-0.2, -0.15) is 13.2 Å². The second kappa shape index (κ2) is 3.41. The fraction of sp³-hybridized carbons (Fsp3) is 0.500. The van der Waals surface area contributed by atoms with Gasteiger partial charge in [0.05, 0.1) is 12.1 Å². The van der Waals surface area contributed by atoms with E-state index in [9.17, 15) is 18.0 Å². The third-order valence-corrected chi connectivity index (χ3v) is 0.994. The van der Waals surface area contributed by atoms with Gasteiger partial charge in [-0.3, -0.25) is 4.79 Å². The quantitative estimate of drug-likeness (QED) is 0.645. The van der Waals surface area contributed by atoms with Gasteiger partial charge in [0.15, 0.2) is 5.78 Å². The zero-order chi connectivity index (χ0) is 9.07. The van der Waals surface area contributed by atoms with Gasteiger partial charge >= 0.3 is 6.18 Å². The number of hydrogen-bond acceptors (Lipinski definition) is 2. The monoisotopic (exact) mass is 167 g/mol. The van der Waals surface area contributed by atoms with Gasteiger partial charge in [-0.25, -0.2) is 0 Å². The fourth-order valence-electron chi connectivity index (χ4n) is 0.416. The second-order valence-electron chi connectivity index (χ2n) is 2.06. The number of allylic oxidation sites excluding steroid dienone is 1. The van der Waals surface area contributed by atoms with Crippen molar-refractivity contribution in [3.05, 3.63) is 12.3 Å². The molecule has 5 heteroatoms. The molecule has 0 saturated carbocycles. The van der Waals surface area contributed by atoms with Gasteiger partial charge < -0.3 is 5.73 Å². The van der Waals surface area contributed by atoms with Gasteiger partial charge in [0.1, 0.15) is 0 Å². The lowest BCUT2D eigenvalue weighted by Crippen LogP contribution is -2.14. The van der Waals surface area contributed by atoms with Crippen LogP contribution in [0.15, 0.2) is 12.3 Å². The van der Waals surface area contributed by atoms with Gasteiger partial charge in [0.25, 0.3) is 0 Å². The van der Waals surface area contributed by atoms with Crippen molar-refractivity contribution in [1.82, 2.24) is 0 Å². The van der Waals surface area contributed by atoms with Crippen molar-refractivity contribution in [1.29, 1.82) is 0 Å². The maximum absolute atomic E-state index is 11.5. The zero-order valence-electron chi connectivity index (χ0n) is 5.74. The fourth-order valence-corrected chi connectivity index (χ4v) is 0.416. The Bertz CT molecular complexity index is 173. The highest BCUT2D eigenvalue weighted by molar-refractivity contribution is 5.93. The Kier molecular flexibility index (Phi) is 3.10. The Morgan fingerprint density at radius 3 is 2.18 bits per heavy atom. The molecule has 64 valence electrons. The summed E-state index contributed by atoms with van der Waals surface area (Å²) >= 11 is 0. The molecule has 0 rings (SSSR count). The number of Topliss-reactive ketones (excluding diaryl/α,β-unsaturated/α-hetero) is 1. The molecule has 0 heterocycles. The SMILES string of the molecule is C=C(N)C(=O)CCC(F)(F)F. The maximum atomic E-state index is 11.5. The number of nitrogens with two attached hydrogens (primary N) is 1. The molecule has 2 nitrogen and oxygen atoms in total. The summed E-state index contributed by atoms with van der Waals surface area (Å²) < 4.78 is 34.4. The third-order valence-electron chi connectivity index (χ3n) is 0.994. The first-order chi connectivity index (χ1) is 4.83. The summed E-state index contributed by atoms with van der Waals surface area (Å²) in [5.74, 6) is -0.748. The first-order valence-electron chi connectivity index (χ1n) is 2.87. The number of carbonyl (C=O) groups excluding carboxylic acids is 1. The molecule has 0 aromatic rings. The molecule has 0 fully saturated rings. The summed E-state index contributed by atoms with van der Waals surface area (Å²) in [4.78, 5) is 10.5. The molecule has 0 aliphatic carbocycles. The van der Waals surface area contributed by atoms with Crippen LogP contribution in [0.25, 0.3) is 0 Å². The number of rotatable bonds is 3. The predicted molar refractivity (Wildman–Crippen MR) is 33.6 cm³/mol. The van der Waals surface area contributed by atoms with Crippen molar-refractivity contribution >= 4 is 5.78 Å². The molecule has 0 aliphatic heterocycles. The van der Waals surface area contributed by atoms with Crippen LogP contribution in [-0.4, -0.2) is 12.0 Å². The molecule has 0 spiro atoms. The average molecular weight is 167 g/mol. The van der Waals surface area contributed by atoms with Gasteiger partial charge in [-0.05, 0) is 0 Å². The highest BCUT2D eigenvalue weighted by atomic mass is 19.4. The summed E-state index contributed by atoms with van der Waals surface area (Å²) in [5.41, 5.74) is 4.53. The lowest BCUT2D eigenvalue weighted by molar-refractivity contribution is -0.141. The summed E-state index contributed by atoms with van der Waals surface area (Å²) in [6.07, 6.45) is -6.05. The minimum Gasteiger partial charge on any atom is -0.396 e. The van der Waals surface area contributed by atoms with Crippen molar-refractivity contribution < 1.29 is 18.0 Å². The Morgan fingerprint density at radius 2 is 1.91 bits per heavy atom. The Balaban J connectivity index is 3.73. The predicted octanol–water partition coefficient (Wildman–Crippen LogP) is 1.37. The van der Waals surface area contributed by atoms with Gasteiger partial charge in [-0.15, -0.1) is 0 Å². The number of ketones is 1. The minimum absolute atomic E-state index is 0.325. The van der Waals surface area contributed by atoms with Crippen molar-refractivity contribution in [2.24, 2.45) is 5.73 Å². The smallest absolute Gasteiger partial charge is 0.389 e. The van der Waals surface area contributed by atoms with Crippen LogP contribution in [0.4, 0.5) is 13.2 Å². The van der Waals surface area contributed by atoms with Crippen molar-refractivity contribution in [2.75, 3.05) is 0 Å². The summed E-state index contributed by atoms with van der Waals surface area (Å²) in [6, 6.07) is 0. The lowest BCUT2D eigenvalue weighted by atomic mass is 10.2. The second-order valence-corrected chi connectivity index (χ2v) is 2.06. The van der Waals surface area contributed by atoms with E-state index < -0.39 is 24.8 Å². The van der Waals surface area contributed by atoms with Crippen molar-refractivity contribution in [3.63, 3.8) is 0 Å². The summed E-state index contributed by atoms with van der Waals surface area (Å²) in [7, 11) is 0. The van der Waals surface area contributed by atoms with E-state index in [1.165, 1.54) is 0 Å². The number of carbonyl (C=O) groups is 1. The van der Waals surface area contributed by atoms with E-state index in [2.05, 4.69) is 6.58 Å². The number of alkyl halides is 3. The normalized spacial score (nSPS) is 11.2. The van der Waals surface area contributed by atoms with Crippen molar-refractivity contribution in [2.45, 2.75) is 19.0 Å². The third kappa shape index (κ3) is 5.44. The Morgan fingerprint density at radius 1 is 1.45 bits per heavy atom. The van der Waals surface area contributed by atoms with Crippen LogP contribution >= 0.6 is 0 Å². The molecule has 0 saturated heterocycles. The zero-order valence-corrected chi connectivity index (χ0v) is 5.74. The van der Waals surface area contributed by atoms with Crippen molar-refractivity contribution in [3.8, 4) is 0 Å². The van der Waals surface area contributed by atoms with E-state index in [-0.39, 0.29) is 5.70 Å². The molecule has 0 aromatic heterocycles. The topological polar surface area (TPSA) is 43.1 Å². The van der Waals surface area contributed by atoms with Crippen LogP contribution in [0.3, 0.4) is 0 Å². The number of halogens is 3. The molecular weight excluding hydrogens is 159 g/mol. The largest absolute Gasteiger partial charge is 0.396 e. The highest BCUT2D eigenvalue weighted by Gasteiger charge is 2.27. The molecule has 0 radical (unpaired) electrons. The van der Waals surface area contributed by atoms with Crippen LogP contribution in [0.2, 0.25) is 0 Å². The molecular formula is C6H8F3NO. The van der Waals surface area contributed by atoms with E-state index in [1.54, 1.807) is 0 Å². The van der Waals surface area contributed by atoms with E-state index in [0.29, 0.717) is 0 Å². The van der Waals surface area contributed by atoms with E-state index in [4.69, 9.17) is 5.73 Å².